The van der Waals surface area contributed by atoms with Crippen LogP contribution in [-0.4, -0.2) is 28.8 Å². The Bertz CT molecular complexity index is 541. The summed E-state index contributed by atoms with van der Waals surface area (Å²) in [6.45, 7) is 1.48. The van der Waals surface area contributed by atoms with Crippen molar-refractivity contribution in [3.8, 4) is 0 Å². The fraction of sp³-hybridized carbons (Fsp3) is 0.333. The van der Waals surface area contributed by atoms with Crippen LogP contribution >= 0.6 is 22.6 Å². The predicted molar refractivity (Wildman–Crippen MR) is 86.4 cm³/mol. The molecule has 0 bridgehead atoms. The second kappa shape index (κ2) is 6.53. The lowest BCUT2D eigenvalue weighted by molar-refractivity contribution is -0.114. The van der Waals surface area contributed by atoms with Gasteiger partial charge >= 0.3 is 0 Å². The zero-order valence-corrected chi connectivity index (χ0v) is 13.4. The van der Waals surface area contributed by atoms with Crippen molar-refractivity contribution in [3.05, 3.63) is 27.3 Å². The number of hydrogen-bond acceptors (Lipinski definition) is 2. The third kappa shape index (κ3) is 4.95. The summed E-state index contributed by atoms with van der Waals surface area (Å²) < 4.78 is 15.4. The molecule has 1 amide bonds. The highest BCUT2D eigenvalue weighted by Gasteiger charge is 2.05. The van der Waals surface area contributed by atoms with E-state index in [-0.39, 0.29) is 5.91 Å². The lowest BCUT2D eigenvalue weighted by Crippen LogP contribution is -2.22. The van der Waals surface area contributed by atoms with Crippen molar-refractivity contribution in [2.45, 2.75) is 13.3 Å². The fourth-order valence-corrected chi connectivity index (χ4v) is 2.87. The lowest BCUT2D eigenvalue weighted by Gasteiger charge is -2.10. The van der Waals surface area contributed by atoms with Gasteiger partial charge in [-0.3, -0.25) is 9.00 Å². The molecule has 1 aromatic rings. The third-order valence-corrected chi connectivity index (χ3v) is 4.94. The van der Waals surface area contributed by atoms with Crippen LogP contribution in [0, 0.1) is 3.57 Å². The largest absolute Gasteiger partial charge is 0.325 e. The van der Waals surface area contributed by atoms with Gasteiger partial charge in [0.25, 0.3) is 0 Å². The summed E-state index contributed by atoms with van der Waals surface area (Å²) in [7, 11) is -0.530. The summed E-state index contributed by atoms with van der Waals surface area (Å²) in [6.07, 6.45) is 0.694. The highest BCUT2D eigenvalue weighted by Crippen LogP contribution is 2.20. The Labute approximate surface area is 122 Å². The lowest BCUT2D eigenvalue weighted by atomic mass is 10.1. The molecule has 1 aromatic carbocycles. The van der Waals surface area contributed by atoms with E-state index in [1.807, 2.05) is 18.2 Å². The van der Waals surface area contributed by atoms with Crippen molar-refractivity contribution in [2.75, 3.05) is 18.1 Å². The number of amides is 1. The molecule has 0 saturated heterocycles. The van der Waals surface area contributed by atoms with E-state index in [1.165, 1.54) is 6.92 Å². The molecule has 1 atom stereocenters. The molecule has 0 spiro atoms. The van der Waals surface area contributed by atoms with E-state index in [1.54, 1.807) is 7.05 Å². The Kier molecular flexibility index (Phi) is 5.61. The smallest absolute Gasteiger partial charge is 0.221 e. The maximum Gasteiger partial charge on any atom is 0.221 e. The molecule has 0 heterocycles. The van der Waals surface area contributed by atoms with Crippen LogP contribution in [0.4, 0.5) is 5.69 Å². The van der Waals surface area contributed by atoms with Gasteiger partial charge in [0.1, 0.15) is 0 Å². The van der Waals surface area contributed by atoms with E-state index in [9.17, 15) is 9.00 Å². The van der Waals surface area contributed by atoms with E-state index in [4.69, 9.17) is 0 Å². The minimum Gasteiger partial charge on any atom is -0.325 e. The van der Waals surface area contributed by atoms with Crippen LogP contribution < -0.4 is 10.0 Å². The standard InChI is InChI=1S/C12H17IN2O2S/c1-9(16)15-12-5-4-10(8-11(12)13)6-7-18(3,17)14-2/h4-5,8H,3,6-7H2,1-2H3,(H,14,17)(H,15,16). The first-order valence-corrected chi connectivity index (χ1v) is 8.41. The molecule has 0 fully saturated rings. The Morgan fingerprint density at radius 1 is 1.50 bits per heavy atom. The van der Waals surface area contributed by atoms with Crippen molar-refractivity contribution in [1.29, 1.82) is 0 Å². The highest BCUT2D eigenvalue weighted by atomic mass is 127. The fourth-order valence-electron chi connectivity index (χ4n) is 1.39. The Hall–Kier alpha value is -0.600. The first-order chi connectivity index (χ1) is 8.34. The summed E-state index contributed by atoms with van der Waals surface area (Å²) in [4.78, 5) is 11.0. The van der Waals surface area contributed by atoms with Crippen molar-refractivity contribution in [2.24, 2.45) is 0 Å². The van der Waals surface area contributed by atoms with E-state index >= 15 is 0 Å². The average molecular weight is 380 g/mol. The molecule has 4 nitrogen and oxygen atoms in total. The quantitative estimate of drug-likeness (QED) is 0.603. The van der Waals surface area contributed by atoms with Gasteiger partial charge < -0.3 is 5.32 Å². The summed E-state index contributed by atoms with van der Waals surface area (Å²) in [6, 6.07) is 5.78. The van der Waals surface area contributed by atoms with Crippen molar-refractivity contribution < 1.29 is 9.00 Å². The Balaban J connectivity index is 2.76. The summed E-state index contributed by atoms with van der Waals surface area (Å²) in [5.41, 5.74) is 1.89. The highest BCUT2D eigenvalue weighted by molar-refractivity contribution is 14.1. The molecule has 0 aromatic heterocycles. The molecule has 2 N–H and O–H groups in total. The van der Waals surface area contributed by atoms with Gasteiger partial charge in [0.15, 0.2) is 0 Å². The van der Waals surface area contributed by atoms with E-state index in [0.717, 1.165) is 14.8 Å². The summed E-state index contributed by atoms with van der Waals surface area (Å²) in [5, 5.41) is 2.76. The molecule has 6 heteroatoms. The molecular weight excluding hydrogens is 363 g/mol. The van der Waals surface area contributed by atoms with Gasteiger partial charge in [0, 0.05) is 26.0 Å². The van der Waals surface area contributed by atoms with E-state index < -0.39 is 9.71 Å². The molecule has 0 aliphatic carbocycles. The number of nitrogens with one attached hydrogen (secondary N) is 2. The summed E-state index contributed by atoms with van der Waals surface area (Å²) in [5.74, 6) is 4.05. The maximum atomic E-state index is 11.7. The molecular formula is C12H17IN2O2S. The van der Waals surface area contributed by atoms with Gasteiger partial charge in [-0.25, -0.2) is 4.72 Å². The van der Waals surface area contributed by atoms with Gasteiger partial charge in [0.05, 0.1) is 5.69 Å². The average Bonchev–Trinajstić information content (AvgIpc) is 2.29. The van der Waals surface area contributed by atoms with Crippen LogP contribution in [0.3, 0.4) is 0 Å². The van der Waals surface area contributed by atoms with E-state index in [2.05, 4.69) is 38.5 Å². The number of anilines is 1. The Morgan fingerprint density at radius 2 is 2.17 bits per heavy atom. The topological polar surface area (TPSA) is 58.2 Å². The monoisotopic (exact) mass is 380 g/mol. The number of carbonyl (C=O) groups is 1. The van der Waals surface area contributed by atoms with Crippen LogP contribution in [0.15, 0.2) is 18.2 Å². The van der Waals surface area contributed by atoms with Gasteiger partial charge in [-0.2, -0.15) is 0 Å². The number of aryl methyl sites for hydroxylation is 1. The molecule has 18 heavy (non-hydrogen) atoms. The first kappa shape index (κ1) is 15.5. The number of halogens is 1. The van der Waals surface area contributed by atoms with Crippen LogP contribution in [0.2, 0.25) is 0 Å². The zero-order chi connectivity index (χ0) is 13.8. The van der Waals surface area contributed by atoms with Gasteiger partial charge in [-0.1, -0.05) is 6.07 Å². The second-order valence-electron chi connectivity index (χ2n) is 3.97. The molecule has 0 aliphatic heterocycles. The molecule has 1 unspecified atom stereocenters. The van der Waals surface area contributed by atoms with Gasteiger partial charge in [-0.15, -0.1) is 0 Å². The van der Waals surface area contributed by atoms with Gasteiger partial charge in [-0.05, 0) is 59.6 Å². The van der Waals surface area contributed by atoms with Crippen LogP contribution in [-0.2, 0) is 20.9 Å². The maximum absolute atomic E-state index is 11.7. The molecule has 0 saturated carbocycles. The number of carbonyl (C=O) groups excluding carboxylic acids is 1. The SMILES string of the molecule is C=S(=O)(CCc1ccc(NC(C)=O)c(I)c1)NC. The number of benzene rings is 1. The van der Waals surface area contributed by atoms with Crippen molar-refractivity contribution in [1.82, 2.24) is 4.72 Å². The van der Waals surface area contributed by atoms with Crippen LogP contribution in [0.1, 0.15) is 12.5 Å². The molecule has 0 radical (unpaired) electrons. The predicted octanol–water partition coefficient (Wildman–Crippen LogP) is 1.64. The van der Waals surface area contributed by atoms with E-state index in [0.29, 0.717) is 12.2 Å². The third-order valence-electron chi connectivity index (χ3n) is 2.44. The zero-order valence-electron chi connectivity index (χ0n) is 10.5. The van der Waals surface area contributed by atoms with Crippen LogP contribution in [0.5, 0.6) is 0 Å². The minimum absolute atomic E-state index is 0.0865. The molecule has 100 valence electrons. The normalized spacial score (nSPS) is 13.9. The number of rotatable bonds is 5. The summed E-state index contributed by atoms with van der Waals surface area (Å²) >= 11 is 2.17. The first-order valence-electron chi connectivity index (χ1n) is 5.43. The second-order valence-corrected chi connectivity index (χ2v) is 7.57. The van der Waals surface area contributed by atoms with Gasteiger partial charge in [0.2, 0.25) is 5.91 Å². The Morgan fingerprint density at radius 3 is 2.67 bits per heavy atom. The minimum atomic E-state index is -2.18. The van der Waals surface area contributed by atoms with Crippen LogP contribution in [0.25, 0.3) is 0 Å². The number of hydrogen-bond donors (Lipinski definition) is 2. The van der Waals surface area contributed by atoms with Crippen molar-refractivity contribution in [3.63, 3.8) is 0 Å². The molecule has 1 rings (SSSR count). The molecule has 0 aliphatic rings. The van der Waals surface area contributed by atoms with Crippen molar-refractivity contribution >= 4 is 49.8 Å².